The largest absolute Gasteiger partial charge is 0.375 e. The van der Waals surface area contributed by atoms with Gasteiger partial charge in [-0.15, -0.1) is 0 Å². The molecule has 29 heavy (non-hydrogen) atoms. The molecule has 0 fully saturated rings. The smallest absolute Gasteiger partial charge is 0.264 e. The number of Topliss-reactive ketones (excluding diaryl/α,β-unsaturated/α-hetero) is 1. The Morgan fingerprint density at radius 3 is 2.55 bits per heavy atom. The number of nitrogens with zero attached hydrogens (tertiary/aromatic N) is 2. The van der Waals surface area contributed by atoms with Crippen molar-refractivity contribution < 1.29 is 14.7 Å². The van der Waals surface area contributed by atoms with Gasteiger partial charge in [0.05, 0.1) is 12.1 Å². The SMILES string of the molecule is O=C(C[C@]1(O)C(=O)N(C/C=C/c2ccccc2)c2ccccc21)c1cccnc1. The third-order valence-electron chi connectivity index (χ3n) is 5.04. The van der Waals surface area contributed by atoms with Crippen LogP contribution >= 0.6 is 0 Å². The number of carbonyl (C=O) groups is 2. The van der Waals surface area contributed by atoms with Crippen molar-refractivity contribution in [2.75, 3.05) is 11.4 Å². The number of fused-ring (bicyclic) bond motifs is 1. The fraction of sp³-hybridized carbons (Fsp3) is 0.125. The molecule has 0 saturated heterocycles. The summed E-state index contributed by atoms with van der Waals surface area (Å²) in [5, 5.41) is 11.3. The highest BCUT2D eigenvalue weighted by Gasteiger charge is 2.50. The lowest BCUT2D eigenvalue weighted by Crippen LogP contribution is -2.42. The van der Waals surface area contributed by atoms with E-state index in [1.807, 2.05) is 48.6 Å². The van der Waals surface area contributed by atoms with Crippen LogP contribution in [0, 0.1) is 0 Å². The standard InChI is InChI=1S/C24H20N2O3/c27-22(19-11-6-14-25-17-19)16-24(29)20-12-4-5-13-21(20)26(23(24)28)15-7-10-18-8-2-1-3-9-18/h1-14,17,29H,15-16H2/b10-7+/t24-/m1/s1. The number of carbonyl (C=O) groups excluding carboxylic acids is 2. The second-order valence-corrected chi connectivity index (χ2v) is 6.95. The normalized spacial score (nSPS) is 18.2. The third-order valence-corrected chi connectivity index (χ3v) is 5.04. The Hall–Kier alpha value is -3.57. The molecule has 1 amide bonds. The first kappa shape index (κ1) is 18.8. The molecule has 2 aromatic carbocycles. The fourth-order valence-corrected chi connectivity index (χ4v) is 3.58. The zero-order chi connectivity index (χ0) is 20.3. The van der Waals surface area contributed by atoms with E-state index in [0.717, 1.165) is 5.56 Å². The minimum atomic E-state index is -1.88. The van der Waals surface area contributed by atoms with Gasteiger partial charge in [-0.2, -0.15) is 0 Å². The molecule has 1 atom stereocenters. The summed E-state index contributed by atoms with van der Waals surface area (Å²) in [6, 6.07) is 20.1. The molecule has 4 rings (SSSR count). The Labute approximate surface area is 169 Å². The number of benzene rings is 2. The number of ketones is 1. The van der Waals surface area contributed by atoms with Gasteiger partial charge in [0.1, 0.15) is 0 Å². The topological polar surface area (TPSA) is 70.5 Å². The molecule has 144 valence electrons. The van der Waals surface area contributed by atoms with Crippen LogP contribution in [0.1, 0.15) is 27.9 Å². The van der Waals surface area contributed by atoms with Crippen LogP contribution in [0.4, 0.5) is 5.69 Å². The lowest BCUT2D eigenvalue weighted by atomic mass is 9.88. The Kier molecular flexibility index (Phi) is 5.06. The highest BCUT2D eigenvalue weighted by molar-refractivity contribution is 6.10. The molecule has 1 aromatic heterocycles. The maximum atomic E-state index is 13.2. The molecule has 2 heterocycles. The van der Waals surface area contributed by atoms with Crippen LogP contribution in [0.2, 0.25) is 0 Å². The first-order valence-electron chi connectivity index (χ1n) is 9.38. The molecular weight excluding hydrogens is 364 g/mol. The predicted molar refractivity (Wildman–Crippen MR) is 111 cm³/mol. The van der Waals surface area contributed by atoms with Gasteiger partial charge in [-0.3, -0.25) is 14.6 Å². The summed E-state index contributed by atoms with van der Waals surface area (Å²) < 4.78 is 0. The summed E-state index contributed by atoms with van der Waals surface area (Å²) in [4.78, 5) is 31.3. The number of hydrogen-bond acceptors (Lipinski definition) is 4. The molecule has 1 aliphatic rings. The van der Waals surface area contributed by atoms with E-state index < -0.39 is 11.5 Å². The van der Waals surface area contributed by atoms with Crippen molar-refractivity contribution in [2.45, 2.75) is 12.0 Å². The summed E-state index contributed by atoms with van der Waals surface area (Å²) in [5.74, 6) is -0.820. The highest BCUT2D eigenvalue weighted by atomic mass is 16.3. The number of anilines is 1. The van der Waals surface area contributed by atoms with Crippen LogP contribution < -0.4 is 4.90 Å². The molecule has 0 spiro atoms. The number of aromatic nitrogens is 1. The summed E-state index contributed by atoms with van der Waals surface area (Å²) in [6.07, 6.45) is 6.49. The van der Waals surface area contributed by atoms with Crippen LogP contribution in [-0.4, -0.2) is 28.3 Å². The van der Waals surface area contributed by atoms with Gasteiger partial charge in [0, 0.05) is 30.1 Å². The molecule has 5 heteroatoms. The highest BCUT2D eigenvalue weighted by Crippen LogP contribution is 2.42. The molecule has 1 aliphatic heterocycles. The first-order valence-corrected chi connectivity index (χ1v) is 9.38. The summed E-state index contributed by atoms with van der Waals surface area (Å²) in [5.41, 5.74) is 0.583. The molecular formula is C24H20N2O3. The van der Waals surface area contributed by atoms with E-state index in [4.69, 9.17) is 0 Å². The predicted octanol–water partition coefficient (Wildman–Crippen LogP) is 3.60. The Bertz CT molecular complexity index is 1060. The van der Waals surface area contributed by atoms with Crippen LogP contribution in [0.15, 0.2) is 85.2 Å². The molecule has 0 radical (unpaired) electrons. The van der Waals surface area contributed by atoms with Gasteiger partial charge in [0.25, 0.3) is 5.91 Å². The van der Waals surface area contributed by atoms with Gasteiger partial charge in [-0.25, -0.2) is 0 Å². The minimum absolute atomic E-state index is 0.300. The minimum Gasteiger partial charge on any atom is -0.375 e. The van der Waals surface area contributed by atoms with Crippen LogP contribution in [0.3, 0.4) is 0 Å². The number of hydrogen-bond donors (Lipinski definition) is 1. The molecule has 3 aromatic rings. The van der Waals surface area contributed by atoms with Crippen molar-refractivity contribution in [3.63, 3.8) is 0 Å². The molecule has 0 saturated carbocycles. The van der Waals surface area contributed by atoms with Gasteiger partial charge in [-0.1, -0.05) is 60.7 Å². The van der Waals surface area contributed by atoms with Crippen molar-refractivity contribution in [1.29, 1.82) is 0 Å². The van der Waals surface area contributed by atoms with Crippen molar-refractivity contribution >= 4 is 23.5 Å². The van der Waals surface area contributed by atoms with E-state index in [1.165, 1.54) is 11.1 Å². The summed E-state index contributed by atoms with van der Waals surface area (Å²) >= 11 is 0. The number of para-hydroxylation sites is 1. The third kappa shape index (κ3) is 3.60. The fourth-order valence-electron chi connectivity index (χ4n) is 3.58. The quantitative estimate of drug-likeness (QED) is 0.659. The maximum Gasteiger partial charge on any atom is 0.264 e. The van der Waals surface area contributed by atoms with Crippen molar-refractivity contribution in [3.8, 4) is 0 Å². The second-order valence-electron chi connectivity index (χ2n) is 6.95. The van der Waals surface area contributed by atoms with E-state index in [2.05, 4.69) is 4.98 Å². The van der Waals surface area contributed by atoms with Crippen LogP contribution in [-0.2, 0) is 10.4 Å². The van der Waals surface area contributed by atoms with Gasteiger partial charge in [-0.05, 0) is 23.8 Å². The number of amides is 1. The van der Waals surface area contributed by atoms with Gasteiger partial charge < -0.3 is 10.0 Å². The Morgan fingerprint density at radius 2 is 1.79 bits per heavy atom. The van der Waals surface area contributed by atoms with E-state index in [-0.39, 0.29) is 12.2 Å². The lowest BCUT2D eigenvalue weighted by molar-refractivity contribution is -0.135. The maximum absolute atomic E-state index is 13.2. The van der Waals surface area contributed by atoms with E-state index in [9.17, 15) is 14.7 Å². The Balaban J connectivity index is 1.60. The van der Waals surface area contributed by atoms with E-state index >= 15 is 0 Å². The first-order chi connectivity index (χ1) is 14.1. The van der Waals surface area contributed by atoms with Gasteiger partial charge in [0.15, 0.2) is 11.4 Å². The van der Waals surface area contributed by atoms with Crippen LogP contribution in [0.5, 0.6) is 0 Å². The Morgan fingerprint density at radius 1 is 1.03 bits per heavy atom. The number of rotatable bonds is 6. The summed E-state index contributed by atoms with van der Waals surface area (Å²) in [6.45, 7) is 0.300. The molecule has 0 unspecified atom stereocenters. The van der Waals surface area contributed by atoms with E-state index in [0.29, 0.717) is 23.4 Å². The van der Waals surface area contributed by atoms with Gasteiger partial charge >= 0.3 is 0 Å². The van der Waals surface area contributed by atoms with Crippen molar-refractivity contribution in [2.24, 2.45) is 0 Å². The average molecular weight is 384 g/mol. The van der Waals surface area contributed by atoms with Crippen molar-refractivity contribution in [3.05, 3.63) is 102 Å². The molecule has 0 aliphatic carbocycles. The average Bonchev–Trinajstić information content (AvgIpc) is 2.97. The number of aliphatic hydroxyl groups is 1. The molecule has 5 nitrogen and oxygen atoms in total. The number of pyridine rings is 1. The van der Waals surface area contributed by atoms with Crippen LogP contribution in [0.25, 0.3) is 6.08 Å². The van der Waals surface area contributed by atoms with E-state index in [1.54, 1.807) is 36.5 Å². The molecule has 1 N–H and O–H groups in total. The zero-order valence-electron chi connectivity index (χ0n) is 15.7. The van der Waals surface area contributed by atoms with Crippen molar-refractivity contribution in [1.82, 2.24) is 4.98 Å². The zero-order valence-corrected chi connectivity index (χ0v) is 15.7. The lowest BCUT2D eigenvalue weighted by Gasteiger charge is -2.22. The summed E-state index contributed by atoms with van der Waals surface area (Å²) in [7, 11) is 0. The molecule has 0 bridgehead atoms. The van der Waals surface area contributed by atoms with Gasteiger partial charge in [0.2, 0.25) is 0 Å². The second kappa shape index (κ2) is 7.81. The monoisotopic (exact) mass is 384 g/mol.